The van der Waals surface area contributed by atoms with Crippen LogP contribution in [0.2, 0.25) is 0 Å². The molecule has 1 amide bonds. The molecule has 4 nitrogen and oxygen atoms in total. The monoisotopic (exact) mass is 199 g/mol. The fourth-order valence-electron chi connectivity index (χ4n) is 0.950. The first-order valence-corrected chi connectivity index (χ1v) is 4.46. The summed E-state index contributed by atoms with van der Waals surface area (Å²) in [4.78, 5) is 22.2. The number of amides is 1. The molecule has 0 aliphatic carbocycles. The van der Waals surface area contributed by atoms with E-state index in [2.05, 4.69) is 5.32 Å². The maximum atomic E-state index is 10.4. The fourth-order valence-corrected chi connectivity index (χ4v) is 1.81. The number of thiophene rings is 1. The first-order chi connectivity index (χ1) is 6.13. The maximum Gasteiger partial charge on any atom is 0.404 e. The Morgan fingerprint density at radius 2 is 2.46 bits per heavy atom. The predicted molar refractivity (Wildman–Crippen MR) is 49.3 cm³/mol. The smallest absolute Gasteiger partial charge is 0.404 e. The zero-order valence-electron chi connectivity index (χ0n) is 7.03. The Balaban J connectivity index is 2.70. The number of carbonyl (C=O) groups is 2. The van der Waals surface area contributed by atoms with Crippen molar-refractivity contribution in [2.45, 2.75) is 13.5 Å². The van der Waals surface area contributed by atoms with Gasteiger partial charge in [-0.05, 0) is 18.6 Å². The summed E-state index contributed by atoms with van der Waals surface area (Å²) in [5.41, 5.74) is 0.856. The summed E-state index contributed by atoms with van der Waals surface area (Å²) in [7, 11) is 0. The van der Waals surface area contributed by atoms with Crippen molar-refractivity contribution in [3.05, 3.63) is 21.4 Å². The van der Waals surface area contributed by atoms with Crippen molar-refractivity contribution < 1.29 is 14.7 Å². The number of aryl methyl sites for hydroxylation is 1. The van der Waals surface area contributed by atoms with Gasteiger partial charge in [0.2, 0.25) is 0 Å². The molecular weight excluding hydrogens is 190 g/mol. The number of hydrogen-bond acceptors (Lipinski definition) is 3. The van der Waals surface area contributed by atoms with Crippen molar-refractivity contribution in [2.75, 3.05) is 0 Å². The van der Waals surface area contributed by atoms with E-state index in [4.69, 9.17) is 5.11 Å². The Labute approximate surface area is 79.2 Å². The van der Waals surface area contributed by atoms with E-state index in [1.807, 2.05) is 6.92 Å². The summed E-state index contributed by atoms with van der Waals surface area (Å²) in [5.74, 6) is 0. The minimum absolute atomic E-state index is 0.255. The lowest BCUT2D eigenvalue weighted by molar-refractivity contribution is 0.112. The van der Waals surface area contributed by atoms with Crippen LogP contribution in [-0.2, 0) is 6.54 Å². The number of aldehydes is 1. The molecule has 0 aliphatic rings. The van der Waals surface area contributed by atoms with Crippen LogP contribution in [0, 0.1) is 6.92 Å². The standard InChI is InChI=1S/C8H9NO3S/c1-5-6(3-9-8(11)12)2-7(4-10)13-5/h2,4,9H,3H2,1H3,(H,11,12). The predicted octanol–water partition coefficient (Wildman–Crippen LogP) is 1.64. The van der Waals surface area contributed by atoms with Gasteiger partial charge in [0.25, 0.3) is 0 Å². The summed E-state index contributed by atoms with van der Waals surface area (Å²) in [6, 6.07) is 1.70. The lowest BCUT2D eigenvalue weighted by Gasteiger charge is -1.98. The van der Waals surface area contributed by atoms with E-state index in [9.17, 15) is 9.59 Å². The van der Waals surface area contributed by atoms with Gasteiger partial charge in [-0.15, -0.1) is 11.3 Å². The molecule has 0 saturated carbocycles. The zero-order valence-corrected chi connectivity index (χ0v) is 7.85. The van der Waals surface area contributed by atoms with Crippen LogP contribution in [0.25, 0.3) is 0 Å². The van der Waals surface area contributed by atoms with E-state index >= 15 is 0 Å². The van der Waals surface area contributed by atoms with Crippen LogP contribution in [0.1, 0.15) is 20.1 Å². The quantitative estimate of drug-likeness (QED) is 0.727. The lowest BCUT2D eigenvalue weighted by atomic mass is 10.2. The topological polar surface area (TPSA) is 66.4 Å². The van der Waals surface area contributed by atoms with Crippen LogP contribution in [0.3, 0.4) is 0 Å². The highest BCUT2D eigenvalue weighted by Crippen LogP contribution is 2.19. The van der Waals surface area contributed by atoms with Crippen molar-refractivity contribution in [1.29, 1.82) is 0 Å². The van der Waals surface area contributed by atoms with E-state index in [1.54, 1.807) is 6.07 Å². The van der Waals surface area contributed by atoms with Crippen molar-refractivity contribution in [3.8, 4) is 0 Å². The van der Waals surface area contributed by atoms with Crippen LogP contribution in [0.15, 0.2) is 6.07 Å². The molecule has 2 N–H and O–H groups in total. The number of hydrogen-bond donors (Lipinski definition) is 2. The highest BCUT2D eigenvalue weighted by molar-refractivity contribution is 7.13. The van der Waals surface area contributed by atoms with Crippen molar-refractivity contribution >= 4 is 23.7 Å². The highest BCUT2D eigenvalue weighted by atomic mass is 32.1. The summed E-state index contributed by atoms with van der Waals surface area (Å²) in [6.45, 7) is 2.11. The molecule has 0 aromatic carbocycles. The molecule has 0 radical (unpaired) electrons. The van der Waals surface area contributed by atoms with Crippen LogP contribution >= 0.6 is 11.3 Å². The first-order valence-electron chi connectivity index (χ1n) is 3.64. The minimum atomic E-state index is -1.06. The Hall–Kier alpha value is -1.36. The van der Waals surface area contributed by atoms with E-state index < -0.39 is 6.09 Å². The van der Waals surface area contributed by atoms with E-state index in [-0.39, 0.29) is 6.54 Å². The number of rotatable bonds is 3. The number of carboxylic acid groups (broad SMARTS) is 1. The molecule has 1 rings (SSSR count). The van der Waals surface area contributed by atoms with E-state index in [1.165, 1.54) is 11.3 Å². The van der Waals surface area contributed by atoms with Gasteiger partial charge in [-0.1, -0.05) is 0 Å². The largest absolute Gasteiger partial charge is 0.465 e. The molecule has 1 heterocycles. The Morgan fingerprint density at radius 3 is 2.92 bits per heavy atom. The SMILES string of the molecule is Cc1sc(C=O)cc1CNC(=O)O. The zero-order chi connectivity index (χ0) is 9.84. The summed E-state index contributed by atoms with van der Waals surface area (Å²) in [5, 5.41) is 10.6. The van der Waals surface area contributed by atoms with Gasteiger partial charge in [0.15, 0.2) is 6.29 Å². The molecule has 0 bridgehead atoms. The Bertz CT molecular complexity index is 332. The third kappa shape index (κ3) is 2.55. The third-order valence-corrected chi connectivity index (χ3v) is 2.60. The second kappa shape index (κ2) is 4.04. The van der Waals surface area contributed by atoms with E-state index in [0.717, 1.165) is 16.7 Å². The van der Waals surface area contributed by atoms with Crippen LogP contribution in [-0.4, -0.2) is 17.5 Å². The number of nitrogens with one attached hydrogen (secondary N) is 1. The minimum Gasteiger partial charge on any atom is -0.465 e. The van der Waals surface area contributed by atoms with E-state index in [0.29, 0.717) is 4.88 Å². The molecule has 0 fully saturated rings. The second-order valence-corrected chi connectivity index (χ2v) is 3.79. The van der Waals surface area contributed by atoms with Crippen LogP contribution < -0.4 is 5.32 Å². The van der Waals surface area contributed by atoms with Crippen molar-refractivity contribution in [2.24, 2.45) is 0 Å². The molecule has 70 valence electrons. The van der Waals surface area contributed by atoms with Gasteiger partial charge >= 0.3 is 6.09 Å². The van der Waals surface area contributed by atoms with Crippen LogP contribution in [0.5, 0.6) is 0 Å². The van der Waals surface area contributed by atoms with Gasteiger partial charge < -0.3 is 10.4 Å². The lowest BCUT2D eigenvalue weighted by Crippen LogP contribution is -2.19. The molecule has 0 unspecified atom stereocenters. The molecule has 0 aliphatic heterocycles. The maximum absolute atomic E-state index is 10.4. The molecule has 0 atom stereocenters. The van der Waals surface area contributed by atoms with Crippen LogP contribution in [0.4, 0.5) is 4.79 Å². The average molecular weight is 199 g/mol. The number of carbonyl (C=O) groups excluding carboxylic acids is 1. The molecule has 5 heteroatoms. The first kappa shape index (κ1) is 9.73. The average Bonchev–Trinajstić information content (AvgIpc) is 2.43. The van der Waals surface area contributed by atoms with Gasteiger partial charge in [-0.3, -0.25) is 4.79 Å². The Kier molecular flexibility index (Phi) is 3.02. The molecule has 0 saturated heterocycles. The molecular formula is C8H9NO3S. The molecule has 1 aromatic heterocycles. The summed E-state index contributed by atoms with van der Waals surface area (Å²) in [6.07, 6.45) is -0.291. The molecule has 0 spiro atoms. The van der Waals surface area contributed by atoms with Gasteiger partial charge in [-0.2, -0.15) is 0 Å². The third-order valence-electron chi connectivity index (χ3n) is 1.59. The fraction of sp³-hybridized carbons (Fsp3) is 0.250. The Morgan fingerprint density at radius 1 is 1.77 bits per heavy atom. The van der Waals surface area contributed by atoms with Crippen molar-refractivity contribution in [1.82, 2.24) is 5.32 Å². The van der Waals surface area contributed by atoms with Gasteiger partial charge in [0.1, 0.15) is 0 Å². The normalized spacial score (nSPS) is 9.62. The van der Waals surface area contributed by atoms with Crippen molar-refractivity contribution in [3.63, 3.8) is 0 Å². The molecule has 13 heavy (non-hydrogen) atoms. The summed E-state index contributed by atoms with van der Waals surface area (Å²) >= 11 is 1.37. The molecule has 1 aromatic rings. The second-order valence-electron chi connectivity index (χ2n) is 2.51. The summed E-state index contributed by atoms with van der Waals surface area (Å²) < 4.78 is 0. The highest BCUT2D eigenvalue weighted by Gasteiger charge is 2.05. The van der Waals surface area contributed by atoms with Gasteiger partial charge in [0, 0.05) is 11.4 Å². The van der Waals surface area contributed by atoms with Gasteiger partial charge in [0.05, 0.1) is 4.88 Å². The van der Waals surface area contributed by atoms with Gasteiger partial charge in [-0.25, -0.2) is 4.79 Å².